The molecule has 4 aromatic rings. The number of hydrogen-bond donors (Lipinski definition) is 0. The average molecular weight is 854 g/mol. The Morgan fingerprint density at radius 1 is 0.717 bits per heavy atom. The van der Waals surface area contributed by atoms with Gasteiger partial charge in [-0.3, -0.25) is 0 Å². The average Bonchev–Trinajstić information content (AvgIpc) is 3.02. The molecular formula is C44H62NO5PPdS-2. The number of nitrogens with one attached hydrogen (secondary N) is 1. The molecule has 296 valence electrons. The molecule has 0 radical (unpaired) electrons. The van der Waals surface area contributed by atoms with Crippen molar-refractivity contribution in [2.45, 2.75) is 111 Å². The van der Waals surface area contributed by atoms with Crippen LogP contribution >= 0.6 is 7.92 Å². The minimum Gasteiger partial charge on any atom is -0.748 e. The van der Waals surface area contributed by atoms with Gasteiger partial charge >= 0.3 is 0 Å². The summed E-state index contributed by atoms with van der Waals surface area (Å²) in [4.78, 5) is 0. The Hall–Kier alpha value is -2.72. The third-order valence-electron chi connectivity index (χ3n) is 8.63. The van der Waals surface area contributed by atoms with Crippen molar-refractivity contribution in [3.63, 3.8) is 0 Å². The predicted octanol–water partition coefficient (Wildman–Crippen LogP) is 12.2. The van der Waals surface area contributed by atoms with Crippen molar-refractivity contribution in [2.75, 3.05) is 20.5 Å². The maximum Gasteiger partial charge on any atom is 0.161 e. The SMILES string of the molecule is COc1ccc(OC)c([PH+](C(C)(C)C)C(C)(C)C)c1-c1c(C(C)C)cc(C(C)C)cc1C(C)C.CS(=O)(=O)[O-].[NH-]c1ccccc1-c1[c-]cccc1.[Pd]. The van der Waals surface area contributed by atoms with Gasteiger partial charge in [-0.25, -0.2) is 8.42 Å². The molecule has 0 bridgehead atoms. The van der Waals surface area contributed by atoms with Crippen LogP contribution in [0.15, 0.2) is 72.8 Å². The Morgan fingerprint density at radius 2 is 1.17 bits per heavy atom. The van der Waals surface area contributed by atoms with Crippen molar-refractivity contribution in [2.24, 2.45) is 0 Å². The van der Waals surface area contributed by atoms with Gasteiger partial charge in [0.1, 0.15) is 11.1 Å². The van der Waals surface area contributed by atoms with E-state index in [1.54, 1.807) is 6.07 Å². The summed E-state index contributed by atoms with van der Waals surface area (Å²) in [6.45, 7) is 28.2. The van der Waals surface area contributed by atoms with E-state index in [4.69, 9.17) is 28.2 Å². The van der Waals surface area contributed by atoms with Crippen molar-refractivity contribution >= 4 is 29.0 Å². The molecule has 53 heavy (non-hydrogen) atoms. The Morgan fingerprint density at radius 3 is 1.55 bits per heavy atom. The van der Waals surface area contributed by atoms with Crippen LogP contribution in [0.2, 0.25) is 0 Å². The summed E-state index contributed by atoms with van der Waals surface area (Å²) in [5, 5.41) is 1.63. The van der Waals surface area contributed by atoms with Crippen LogP contribution in [0.4, 0.5) is 5.69 Å². The molecule has 0 fully saturated rings. The first-order valence-electron chi connectivity index (χ1n) is 17.9. The van der Waals surface area contributed by atoms with E-state index >= 15 is 0 Å². The summed E-state index contributed by atoms with van der Waals surface area (Å²) in [6.07, 6.45) is 0.604. The van der Waals surface area contributed by atoms with Crippen molar-refractivity contribution < 1.29 is 42.9 Å². The smallest absolute Gasteiger partial charge is 0.161 e. The molecule has 0 heterocycles. The van der Waals surface area contributed by atoms with Gasteiger partial charge in [-0.15, -0.1) is 41.5 Å². The van der Waals surface area contributed by atoms with E-state index < -0.39 is 18.0 Å². The molecule has 0 aliphatic rings. The van der Waals surface area contributed by atoms with Gasteiger partial charge in [0, 0.05) is 34.6 Å². The van der Waals surface area contributed by atoms with Crippen molar-refractivity contribution in [1.82, 2.24) is 0 Å². The zero-order valence-corrected chi connectivity index (χ0v) is 37.8. The first-order chi connectivity index (χ1) is 23.9. The largest absolute Gasteiger partial charge is 0.748 e. The summed E-state index contributed by atoms with van der Waals surface area (Å²) in [5.74, 6) is 3.23. The molecule has 9 heteroatoms. The summed E-state index contributed by atoms with van der Waals surface area (Å²) >= 11 is 0. The number of hydrogen-bond acceptors (Lipinski definition) is 5. The van der Waals surface area contributed by atoms with E-state index in [2.05, 4.69) is 113 Å². The van der Waals surface area contributed by atoms with Gasteiger partial charge < -0.3 is 19.8 Å². The maximum atomic E-state index is 9.08. The quantitative estimate of drug-likeness (QED) is 0.0761. The van der Waals surface area contributed by atoms with Crippen LogP contribution in [0.1, 0.15) is 118 Å². The third kappa shape index (κ3) is 13.8. The van der Waals surface area contributed by atoms with Crippen LogP contribution in [0.3, 0.4) is 0 Å². The molecule has 0 unspecified atom stereocenters. The predicted molar refractivity (Wildman–Crippen MR) is 225 cm³/mol. The van der Waals surface area contributed by atoms with E-state index in [-0.39, 0.29) is 30.7 Å². The van der Waals surface area contributed by atoms with Gasteiger partial charge in [-0.1, -0.05) is 77.9 Å². The second kappa shape index (κ2) is 20.3. The summed E-state index contributed by atoms with van der Waals surface area (Å²) < 4.78 is 39.5. The van der Waals surface area contributed by atoms with Gasteiger partial charge in [0.05, 0.1) is 40.2 Å². The van der Waals surface area contributed by atoms with Crippen molar-refractivity contribution in [1.29, 1.82) is 0 Å². The number of rotatable bonds is 8. The number of ether oxygens (including phenoxy) is 2. The second-order valence-corrected chi connectivity index (χ2v) is 21.8. The van der Waals surface area contributed by atoms with Gasteiger partial charge in [0.15, 0.2) is 5.75 Å². The first-order valence-corrected chi connectivity index (χ1v) is 21.2. The first kappa shape index (κ1) is 48.3. The molecule has 4 rings (SSSR count). The Labute approximate surface area is 336 Å². The van der Waals surface area contributed by atoms with Crippen LogP contribution in [-0.2, 0) is 30.5 Å². The van der Waals surface area contributed by atoms with E-state index in [0.717, 1.165) is 22.6 Å². The molecule has 4 aromatic carbocycles. The summed E-state index contributed by atoms with van der Waals surface area (Å²) in [6, 6.07) is 27.5. The zero-order valence-electron chi connectivity index (χ0n) is 34.4. The second-order valence-electron chi connectivity index (χ2n) is 16.2. The fourth-order valence-corrected chi connectivity index (χ4v) is 11.5. The molecule has 0 aliphatic heterocycles. The fraction of sp³-hybridized carbons (Fsp3) is 0.455. The molecular weight excluding hydrogens is 792 g/mol. The van der Waals surface area contributed by atoms with E-state index in [0.29, 0.717) is 29.7 Å². The molecule has 0 saturated carbocycles. The van der Waals surface area contributed by atoms with Gasteiger partial charge in [-0.2, -0.15) is 5.69 Å². The van der Waals surface area contributed by atoms with Crippen LogP contribution in [-0.4, -0.2) is 43.8 Å². The third-order valence-corrected chi connectivity index (χ3v) is 12.6. The molecule has 1 N–H and O–H groups in total. The molecule has 0 aliphatic carbocycles. The van der Waals surface area contributed by atoms with Crippen LogP contribution < -0.4 is 14.8 Å². The van der Waals surface area contributed by atoms with E-state index in [1.807, 2.05) is 56.7 Å². The molecule has 0 aromatic heterocycles. The molecule has 6 nitrogen and oxygen atoms in total. The number of methoxy groups -OCH3 is 2. The monoisotopic (exact) mass is 853 g/mol. The Kier molecular flexibility index (Phi) is 18.5. The molecule has 0 amide bonds. The summed E-state index contributed by atoms with van der Waals surface area (Å²) in [5.41, 5.74) is 17.0. The van der Waals surface area contributed by atoms with Crippen molar-refractivity contribution in [3.8, 4) is 33.8 Å². The zero-order chi connectivity index (χ0) is 39.8. The topological polar surface area (TPSA) is 99.5 Å². The summed E-state index contributed by atoms with van der Waals surface area (Å²) in [7, 11) is -1.41. The Balaban J connectivity index is 0.000000603. The number of benzene rings is 4. The van der Waals surface area contributed by atoms with Crippen molar-refractivity contribution in [3.05, 3.63) is 101 Å². The Bertz CT molecular complexity index is 1810. The van der Waals surface area contributed by atoms with Gasteiger partial charge in [0.25, 0.3) is 0 Å². The van der Waals surface area contributed by atoms with Crippen LogP contribution in [0, 0.1) is 6.07 Å². The molecule has 0 atom stereocenters. The molecule has 0 spiro atoms. The maximum absolute atomic E-state index is 9.08. The van der Waals surface area contributed by atoms with Gasteiger partial charge in [-0.05, 0) is 93.7 Å². The van der Waals surface area contributed by atoms with Gasteiger partial charge in [0.2, 0.25) is 0 Å². The van der Waals surface area contributed by atoms with E-state index in [1.165, 1.54) is 33.1 Å². The normalized spacial score (nSPS) is 11.8. The standard InChI is InChI=1S/C31H49O2P.C12H9N.CH4O3S.Pd/c1-19(2)22-17-23(20(3)4)27(24(18-22)21(5)6)28-25(32-13)15-16-26(33-14)29(28)34(30(7,8)9)31(10,11)12;13-12-9-5-4-8-11(12)10-6-2-1-3-7-10;1-5(2,3)4;/h15-21H,1-14H3;1-6,8-9,13H;1H3,(H,2,3,4);/q;-2;;. The molecule has 0 saturated heterocycles. The van der Waals surface area contributed by atoms with E-state index in [9.17, 15) is 0 Å². The minimum atomic E-state index is -3.92. The minimum absolute atomic E-state index is 0. The fourth-order valence-electron chi connectivity index (χ4n) is 6.80. The van der Waals surface area contributed by atoms with Crippen LogP contribution in [0.25, 0.3) is 28.0 Å². The van der Waals surface area contributed by atoms with Crippen LogP contribution in [0.5, 0.6) is 11.5 Å².